The van der Waals surface area contributed by atoms with Crippen LogP contribution in [0.15, 0.2) is 18.2 Å². The molecule has 2 aliphatic rings. The maximum atomic E-state index is 12.2. The minimum absolute atomic E-state index is 0.0122. The first-order valence-electron chi connectivity index (χ1n) is 7.18. The molecule has 1 aromatic rings. The molecule has 0 saturated carbocycles. The Labute approximate surface area is 132 Å². The first-order valence-corrected chi connectivity index (χ1v) is 7.18. The standard InChI is InChI=1S/C15H16N2O6/c1-17-9-6-8(2-3-10(9)22-7-13(17)18)16-14(19)11-4-5-12(23-11)15(20)21/h2-3,6,11-12H,4-5,7H2,1H3,(H,16,19)(H,20,21)/t11-,12+/m0/s1. The molecule has 2 aliphatic heterocycles. The molecule has 0 aliphatic carbocycles. The number of likely N-dealkylation sites (N-methyl/N-ethyl adjacent to an activating group) is 1. The molecular weight excluding hydrogens is 304 g/mol. The second kappa shape index (κ2) is 5.88. The second-order valence-corrected chi connectivity index (χ2v) is 5.44. The molecule has 2 heterocycles. The summed E-state index contributed by atoms with van der Waals surface area (Å²) in [7, 11) is 1.63. The number of nitrogens with zero attached hydrogens (tertiary/aromatic N) is 1. The number of anilines is 2. The van der Waals surface area contributed by atoms with Gasteiger partial charge in [0, 0.05) is 12.7 Å². The monoisotopic (exact) mass is 320 g/mol. The SMILES string of the molecule is CN1C(=O)COc2ccc(NC(=O)[C@@H]3CC[C@H](C(=O)O)O3)cc21. The number of carboxylic acid groups (broad SMARTS) is 1. The highest BCUT2D eigenvalue weighted by atomic mass is 16.5. The number of benzene rings is 1. The molecule has 2 N–H and O–H groups in total. The Morgan fingerprint density at radius 1 is 1.30 bits per heavy atom. The third-order valence-corrected chi connectivity index (χ3v) is 3.90. The molecule has 1 aromatic carbocycles. The van der Waals surface area contributed by atoms with Crippen molar-refractivity contribution in [3.05, 3.63) is 18.2 Å². The number of amides is 2. The van der Waals surface area contributed by atoms with Crippen molar-refractivity contribution in [1.82, 2.24) is 0 Å². The van der Waals surface area contributed by atoms with Gasteiger partial charge in [-0.2, -0.15) is 0 Å². The molecular formula is C15H16N2O6. The van der Waals surface area contributed by atoms with Crippen LogP contribution < -0.4 is 15.0 Å². The molecule has 0 aromatic heterocycles. The van der Waals surface area contributed by atoms with Gasteiger partial charge in [0.1, 0.15) is 11.9 Å². The van der Waals surface area contributed by atoms with E-state index in [9.17, 15) is 14.4 Å². The number of fused-ring (bicyclic) bond motifs is 1. The zero-order valence-corrected chi connectivity index (χ0v) is 12.4. The van der Waals surface area contributed by atoms with Gasteiger partial charge in [-0.3, -0.25) is 9.59 Å². The van der Waals surface area contributed by atoms with E-state index in [0.29, 0.717) is 30.0 Å². The predicted octanol–water partition coefficient (Wildman–Crippen LogP) is 0.612. The second-order valence-electron chi connectivity index (χ2n) is 5.44. The molecule has 0 unspecified atom stereocenters. The van der Waals surface area contributed by atoms with Gasteiger partial charge in [0.25, 0.3) is 11.8 Å². The Kier molecular flexibility index (Phi) is 3.91. The molecule has 1 fully saturated rings. The van der Waals surface area contributed by atoms with E-state index < -0.39 is 24.1 Å². The molecule has 1 saturated heterocycles. The third kappa shape index (κ3) is 2.98. The van der Waals surface area contributed by atoms with Crippen LogP contribution in [0.1, 0.15) is 12.8 Å². The average molecular weight is 320 g/mol. The average Bonchev–Trinajstić information content (AvgIpc) is 3.02. The number of carbonyl (C=O) groups excluding carboxylic acids is 2. The van der Waals surface area contributed by atoms with Crippen LogP contribution in [0.3, 0.4) is 0 Å². The summed E-state index contributed by atoms with van der Waals surface area (Å²) in [6, 6.07) is 4.96. The molecule has 23 heavy (non-hydrogen) atoms. The van der Waals surface area contributed by atoms with E-state index in [0.717, 1.165) is 0 Å². The van der Waals surface area contributed by atoms with E-state index in [2.05, 4.69) is 5.32 Å². The normalized spacial score (nSPS) is 23.2. The fourth-order valence-corrected chi connectivity index (χ4v) is 2.58. The molecule has 2 amide bonds. The molecule has 0 bridgehead atoms. The van der Waals surface area contributed by atoms with Gasteiger partial charge in [0.15, 0.2) is 12.7 Å². The quantitative estimate of drug-likeness (QED) is 0.845. The molecule has 122 valence electrons. The van der Waals surface area contributed by atoms with Crippen molar-refractivity contribution >= 4 is 29.2 Å². The molecule has 3 rings (SSSR count). The number of hydrogen-bond donors (Lipinski definition) is 2. The fraction of sp³-hybridized carbons (Fsp3) is 0.400. The summed E-state index contributed by atoms with van der Waals surface area (Å²) in [4.78, 5) is 36.1. The molecule has 2 atom stereocenters. The highest BCUT2D eigenvalue weighted by Gasteiger charge is 2.34. The minimum Gasteiger partial charge on any atom is -0.482 e. The summed E-state index contributed by atoms with van der Waals surface area (Å²) in [6.07, 6.45) is -1.06. The van der Waals surface area contributed by atoms with Crippen LogP contribution in [-0.4, -0.2) is 48.8 Å². The number of carboxylic acids is 1. The third-order valence-electron chi connectivity index (χ3n) is 3.90. The van der Waals surface area contributed by atoms with Gasteiger partial charge in [-0.15, -0.1) is 0 Å². The van der Waals surface area contributed by atoms with E-state index in [1.54, 1.807) is 25.2 Å². The number of hydrogen-bond acceptors (Lipinski definition) is 5. The lowest BCUT2D eigenvalue weighted by Gasteiger charge is -2.26. The lowest BCUT2D eigenvalue weighted by atomic mass is 10.1. The number of carbonyl (C=O) groups is 3. The Balaban J connectivity index is 1.70. The van der Waals surface area contributed by atoms with Gasteiger partial charge >= 0.3 is 5.97 Å². The van der Waals surface area contributed by atoms with E-state index in [1.165, 1.54) is 4.90 Å². The minimum atomic E-state index is -1.06. The number of ether oxygens (including phenoxy) is 2. The van der Waals surface area contributed by atoms with Crippen molar-refractivity contribution in [3.63, 3.8) is 0 Å². The summed E-state index contributed by atoms with van der Waals surface area (Å²) < 4.78 is 10.5. The summed E-state index contributed by atoms with van der Waals surface area (Å²) in [5, 5.41) is 11.6. The smallest absolute Gasteiger partial charge is 0.332 e. The van der Waals surface area contributed by atoms with Crippen molar-refractivity contribution in [2.75, 3.05) is 23.9 Å². The number of nitrogens with one attached hydrogen (secondary N) is 1. The van der Waals surface area contributed by atoms with Crippen LogP contribution in [-0.2, 0) is 19.1 Å². The number of rotatable bonds is 3. The first kappa shape index (κ1) is 15.3. The molecule has 8 heteroatoms. The van der Waals surface area contributed by atoms with E-state index in [4.69, 9.17) is 14.6 Å². The van der Waals surface area contributed by atoms with Gasteiger partial charge in [0.05, 0.1) is 5.69 Å². The first-order chi connectivity index (χ1) is 11.0. The van der Waals surface area contributed by atoms with Crippen molar-refractivity contribution in [2.24, 2.45) is 0 Å². The van der Waals surface area contributed by atoms with Crippen molar-refractivity contribution in [3.8, 4) is 5.75 Å². The summed E-state index contributed by atoms with van der Waals surface area (Å²) in [5.41, 5.74) is 1.05. The highest BCUT2D eigenvalue weighted by Crippen LogP contribution is 2.34. The zero-order valence-electron chi connectivity index (χ0n) is 12.4. The van der Waals surface area contributed by atoms with Crippen LogP contribution in [0.4, 0.5) is 11.4 Å². The van der Waals surface area contributed by atoms with Crippen LogP contribution in [0.5, 0.6) is 5.75 Å². The van der Waals surface area contributed by atoms with Gasteiger partial charge < -0.3 is 24.8 Å². The Bertz CT molecular complexity index is 674. The van der Waals surface area contributed by atoms with Crippen LogP contribution in [0, 0.1) is 0 Å². The number of aliphatic carboxylic acids is 1. The van der Waals surface area contributed by atoms with Crippen LogP contribution in [0.25, 0.3) is 0 Å². The van der Waals surface area contributed by atoms with Crippen LogP contribution >= 0.6 is 0 Å². The van der Waals surface area contributed by atoms with E-state index >= 15 is 0 Å². The highest BCUT2D eigenvalue weighted by molar-refractivity contribution is 6.00. The maximum Gasteiger partial charge on any atom is 0.332 e. The summed E-state index contributed by atoms with van der Waals surface area (Å²) in [5.74, 6) is -1.08. The van der Waals surface area contributed by atoms with Gasteiger partial charge in [-0.05, 0) is 31.0 Å². The lowest BCUT2D eigenvalue weighted by molar-refractivity contribution is -0.150. The topological polar surface area (TPSA) is 105 Å². The summed E-state index contributed by atoms with van der Waals surface area (Å²) >= 11 is 0. The van der Waals surface area contributed by atoms with Crippen molar-refractivity contribution in [2.45, 2.75) is 25.0 Å². The van der Waals surface area contributed by atoms with E-state index in [-0.39, 0.29) is 12.5 Å². The lowest BCUT2D eigenvalue weighted by Crippen LogP contribution is -2.35. The van der Waals surface area contributed by atoms with Gasteiger partial charge in [-0.1, -0.05) is 0 Å². The predicted molar refractivity (Wildman–Crippen MR) is 79.5 cm³/mol. The van der Waals surface area contributed by atoms with E-state index in [1.807, 2.05) is 0 Å². The maximum absolute atomic E-state index is 12.2. The molecule has 0 spiro atoms. The fourth-order valence-electron chi connectivity index (χ4n) is 2.58. The van der Waals surface area contributed by atoms with Crippen molar-refractivity contribution < 1.29 is 29.0 Å². The van der Waals surface area contributed by atoms with Gasteiger partial charge in [-0.25, -0.2) is 4.79 Å². The largest absolute Gasteiger partial charge is 0.482 e. The summed E-state index contributed by atoms with van der Waals surface area (Å²) in [6.45, 7) is -0.0122. The van der Waals surface area contributed by atoms with Gasteiger partial charge in [0.2, 0.25) is 0 Å². The van der Waals surface area contributed by atoms with Crippen molar-refractivity contribution in [1.29, 1.82) is 0 Å². The molecule has 8 nitrogen and oxygen atoms in total. The Morgan fingerprint density at radius 3 is 2.74 bits per heavy atom. The van der Waals surface area contributed by atoms with Crippen LogP contribution in [0.2, 0.25) is 0 Å². The Hall–Kier alpha value is -2.61. The molecule has 0 radical (unpaired) electrons. The zero-order chi connectivity index (χ0) is 16.6. The Morgan fingerprint density at radius 2 is 2.04 bits per heavy atom.